The van der Waals surface area contributed by atoms with Gasteiger partial charge in [0.25, 0.3) is 11.7 Å². The Balaban J connectivity index is 2.15. The number of rotatable bonds is 5. The lowest BCUT2D eigenvalue weighted by Gasteiger charge is -2.25. The fraction of sp³-hybridized carbons (Fsp3) is 0.211. The maximum Gasteiger partial charge on any atom is 0.295 e. The Bertz CT molecular complexity index is 846. The predicted molar refractivity (Wildman–Crippen MR) is 93.2 cm³/mol. The largest absolute Gasteiger partial charge is 0.508 e. The van der Waals surface area contributed by atoms with Crippen LogP contribution in [0.4, 0.5) is 0 Å². The highest BCUT2D eigenvalue weighted by atomic mass is 16.5. The van der Waals surface area contributed by atoms with Gasteiger partial charge in [-0.05, 0) is 29.8 Å². The van der Waals surface area contributed by atoms with Gasteiger partial charge in [0.15, 0.2) is 0 Å². The molecule has 1 aliphatic rings. The summed E-state index contributed by atoms with van der Waals surface area (Å²) < 4.78 is 5.04. The van der Waals surface area contributed by atoms with Crippen LogP contribution in [0.5, 0.6) is 5.75 Å². The van der Waals surface area contributed by atoms with Crippen molar-refractivity contribution in [3.05, 3.63) is 65.5 Å². The molecule has 0 radical (unpaired) electrons. The van der Waals surface area contributed by atoms with Crippen molar-refractivity contribution in [2.24, 2.45) is 0 Å². The molecular weight excluding hydrogens is 336 g/mol. The molecule has 1 aromatic heterocycles. The molecule has 1 unspecified atom stereocenters. The Morgan fingerprint density at radius 1 is 1.15 bits per heavy atom. The zero-order valence-electron chi connectivity index (χ0n) is 14.1. The predicted octanol–water partition coefficient (Wildman–Crippen LogP) is 1.86. The van der Waals surface area contributed by atoms with E-state index in [0.717, 1.165) is 0 Å². The summed E-state index contributed by atoms with van der Waals surface area (Å²) in [5, 5.41) is 20.2. The van der Waals surface area contributed by atoms with Gasteiger partial charge in [-0.15, -0.1) is 0 Å². The minimum atomic E-state index is -0.765. The van der Waals surface area contributed by atoms with E-state index < -0.39 is 17.7 Å². The van der Waals surface area contributed by atoms with E-state index in [9.17, 15) is 19.8 Å². The maximum atomic E-state index is 12.6. The summed E-state index contributed by atoms with van der Waals surface area (Å²) in [6, 6.07) is 8.53. The van der Waals surface area contributed by atoms with Crippen LogP contribution in [0.15, 0.2) is 54.4 Å². The summed E-state index contributed by atoms with van der Waals surface area (Å²) in [4.78, 5) is 30.4. The standard InChI is InChI=1S/C19H18N2O5/c1-26-11-10-21-16(12-2-4-14(22)5-3-12)15(18(24)19(21)25)17(23)13-6-8-20-9-7-13/h2-9,16,22-23H,10-11H2,1H3. The van der Waals surface area contributed by atoms with Crippen molar-refractivity contribution in [2.45, 2.75) is 6.04 Å². The number of hydrogen-bond donors (Lipinski definition) is 2. The van der Waals surface area contributed by atoms with E-state index in [1.165, 1.54) is 36.5 Å². The number of aromatic nitrogens is 1. The number of ether oxygens (including phenoxy) is 1. The zero-order valence-corrected chi connectivity index (χ0v) is 14.1. The number of pyridine rings is 1. The molecule has 1 aromatic carbocycles. The van der Waals surface area contributed by atoms with Crippen molar-refractivity contribution >= 4 is 17.4 Å². The van der Waals surface area contributed by atoms with Crippen molar-refractivity contribution in [3.63, 3.8) is 0 Å². The SMILES string of the molecule is COCCN1C(=O)C(=O)C(=C(O)c2ccncc2)C1c1ccc(O)cc1. The topological polar surface area (TPSA) is 100.0 Å². The first kappa shape index (κ1) is 17.6. The van der Waals surface area contributed by atoms with Crippen LogP contribution in [0, 0.1) is 0 Å². The van der Waals surface area contributed by atoms with Gasteiger partial charge in [-0.25, -0.2) is 0 Å². The van der Waals surface area contributed by atoms with Gasteiger partial charge in [0, 0.05) is 31.6 Å². The van der Waals surface area contributed by atoms with E-state index in [1.807, 2.05) is 0 Å². The van der Waals surface area contributed by atoms with E-state index in [-0.39, 0.29) is 30.2 Å². The average molecular weight is 354 g/mol. The van der Waals surface area contributed by atoms with Crippen molar-refractivity contribution in [3.8, 4) is 5.75 Å². The second kappa shape index (κ2) is 7.37. The number of nitrogens with zero attached hydrogens (tertiary/aromatic N) is 2. The van der Waals surface area contributed by atoms with Crippen molar-refractivity contribution in [2.75, 3.05) is 20.3 Å². The molecule has 1 aliphatic heterocycles. The molecule has 7 nitrogen and oxygen atoms in total. The van der Waals surface area contributed by atoms with Gasteiger partial charge in [-0.1, -0.05) is 12.1 Å². The first-order valence-electron chi connectivity index (χ1n) is 8.01. The number of ketones is 1. The molecule has 2 N–H and O–H groups in total. The fourth-order valence-corrected chi connectivity index (χ4v) is 2.97. The number of amides is 1. The van der Waals surface area contributed by atoms with Crippen LogP contribution in [0.2, 0.25) is 0 Å². The molecule has 0 saturated carbocycles. The number of aromatic hydroxyl groups is 1. The molecule has 7 heteroatoms. The normalized spacial score (nSPS) is 19.1. The highest BCUT2D eigenvalue weighted by Crippen LogP contribution is 2.39. The summed E-state index contributed by atoms with van der Waals surface area (Å²) in [6.45, 7) is 0.441. The molecule has 1 amide bonds. The quantitative estimate of drug-likeness (QED) is 0.483. The Morgan fingerprint density at radius 2 is 1.81 bits per heavy atom. The molecule has 26 heavy (non-hydrogen) atoms. The molecule has 0 bridgehead atoms. The van der Waals surface area contributed by atoms with Gasteiger partial charge < -0.3 is 19.8 Å². The number of aliphatic hydroxyl groups is 1. The van der Waals surface area contributed by atoms with Crippen molar-refractivity contribution in [1.82, 2.24) is 9.88 Å². The number of aliphatic hydroxyl groups excluding tert-OH is 1. The average Bonchev–Trinajstić information content (AvgIpc) is 2.91. The van der Waals surface area contributed by atoms with Crippen LogP contribution < -0.4 is 0 Å². The van der Waals surface area contributed by atoms with Crippen LogP contribution in [0.1, 0.15) is 17.2 Å². The van der Waals surface area contributed by atoms with Crippen LogP contribution in [0.25, 0.3) is 5.76 Å². The van der Waals surface area contributed by atoms with E-state index >= 15 is 0 Å². The molecule has 3 rings (SSSR count). The van der Waals surface area contributed by atoms with Crippen LogP contribution in [-0.4, -0.2) is 52.0 Å². The molecule has 2 aromatic rings. The summed E-state index contributed by atoms with van der Waals surface area (Å²) in [6.07, 6.45) is 2.98. The Morgan fingerprint density at radius 3 is 2.42 bits per heavy atom. The monoisotopic (exact) mass is 354 g/mol. The zero-order chi connectivity index (χ0) is 18.7. The maximum absolute atomic E-state index is 12.6. The Labute approximate surface area is 150 Å². The van der Waals surface area contributed by atoms with Gasteiger partial charge in [0.1, 0.15) is 11.5 Å². The smallest absolute Gasteiger partial charge is 0.295 e. The van der Waals surface area contributed by atoms with Gasteiger partial charge >= 0.3 is 0 Å². The highest BCUT2D eigenvalue weighted by Gasteiger charge is 2.45. The number of phenolic OH excluding ortho intramolecular Hbond substituents is 1. The summed E-state index contributed by atoms with van der Waals surface area (Å²) in [5.41, 5.74) is 1.00. The van der Waals surface area contributed by atoms with E-state index in [1.54, 1.807) is 24.3 Å². The fourth-order valence-electron chi connectivity index (χ4n) is 2.97. The third kappa shape index (κ3) is 3.16. The molecule has 2 heterocycles. The summed E-state index contributed by atoms with van der Waals surface area (Å²) in [5.74, 6) is -1.65. The number of carbonyl (C=O) groups is 2. The number of hydrogen-bond acceptors (Lipinski definition) is 6. The molecule has 1 saturated heterocycles. The third-order valence-corrected chi connectivity index (χ3v) is 4.24. The highest BCUT2D eigenvalue weighted by molar-refractivity contribution is 6.46. The first-order chi connectivity index (χ1) is 12.5. The summed E-state index contributed by atoms with van der Waals surface area (Å²) >= 11 is 0. The van der Waals surface area contributed by atoms with E-state index in [2.05, 4.69) is 4.98 Å². The number of benzene rings is 1. The first-order valence-corrected chi connectivity index (χ1v) is 8.01. The molecule has 1 fully saturated rings. The Hall–Kier alpha value is -3.19. The second-order valence-electron chi connectivity index (χ2n) is 5.81. The molecular formula is C19H18N2O5. The number of carbonyl (C=O) groups excluding carboxylic acids is 2. The van der Waals surface area contributed by atoms with E-state index in [0.29, 0.717) is 11.1 Å². The molecule has 0 spiro atoms. The summed E-state index contributed by atoms with van der Waals surface area (Å²) in [7, 11) is 1.50. The lowest BCUT2D eigenvalue weighted by atomic mass is 9.95. The number of likely N-dealkylation sites (tertiary alicyclic amines) is 1. The minimum absolute atomic E-state index is 0.00277. The number of Topliss-reactive ketones (excluding diaryl/α,β-unsaturated/α-hetero) is 1. The van der Waals surface area contributed by atoms with Crippen LogP contribution in [-0.2, 0) is 14.3 Å². The molecule has 134 valence electrons. The van der Waals surface area contributed by atoms with E-state index in [4.69, 9.17) is 4.74 Å². The van der Waals surface area contributed by atoms with Crippen molar-refractivity contribution < 1.29 is 24.5 Å². The number of methoxy groups -OCH3 is 1. The van der Waals surface area contributed by atoms with Gasteiger partial charge in [-0.3, -0.25) is 14.6 Å². The lowest BCUT2D eigenvalue weighted by molar-refractivity contribution is -0.140. The van der Waals surface area contributed by atoms with Gasteiger partial charge in [0.05, 0.1) is 18.2 Å². The van der Waals surface area contributed by atoms with Crippen LogP contribution >= 0.6 is 0 Å². The minimum Gasteiger partial charge on any atom is -0.508 e. The van der Waals surface area contributed by atoms with Gasteiger partial charge in [-0.2, -0.15) is 0 Å². The number of phenols is 1. The van der Waals surface area contributed by atoms with Crippen molar-refractivity contribution in [1.29, 1.82) is 0 Å². The van der Waals surface area contributed by atoms with Gasteiger partial charge in [0.2, 0.25) is 0 Å². The lowest BCUT2D eigenvalue weighted by Crippen LogP contribution is -2.32. The molecule has 0 aliphatic carbocycles. The molecule has 1 atom stereocenters. The third-order valence-electron chi connectivity index (χ3n) is 4.24. The Kier molecular flexibility index (Phi) is 4.99. The second-order valence-corrected chi connectivity index (χ2v) is 5.81. The van der Waals surface area contributed by atoms with Crippen LogP contribution in [0.3, 0.4) is 0 Å².